The molecule has 0 radical (unpaired) electrons. The average molecular weight is 562 g/mol. The predicted molar refractivity (Wildman–Crippen MR) is 136 cm³/mol. The zero-order chi connectivity index (χ0) is 29.8. The molecule has 16 nitrogen and oxygen atoms in total. The summed E-state index contributed by atoms with van der Waals surface area (Å²) in [5, 5.41) is 34.8. The highest BCUT2D eigenvalue weighted by molar-refractivity contribution is 5.96. The van der Waals surface area contributed by atoms with Crippen LogP contribution in [0.4, 0.5) is 0 Å². The number of amides is 4. The van der Waals surface area contributed by atoms with Crippen molar-refractivity contribution < 1.29 is 44.1 Å². The smallest absolute Gasteiger partial charge is 0.326 e. The van der Waals surface area contributed by atoms with Gasteiger partial charge in [0, 0.05) is 24.7 Å². The van der Waals surface area contributed by atoms with Crippen LogP contribution in [0.3, 0.4) is 0 Å². The van der Waals surface area contributed by atoms with Crippen LogP contribution in [0.15, 0.2) is 36.8 Å². The summed E-state index contributed by atoms with van der Waals surface area (Å²) < 4.78 is 0. The first-order valence-electron chi connectivity index (χ1n) is 12.0. The lowest BCUT2D eigenvalue weighted by molar-refractivity contribution is -0.142. The number of nitrogens with zero attached hydrogens (tertiary/aromatic N) is 1. The van der Waals surface area contributed by atoms with Crippen LogP contribution in [-0.2, 0) is 41.6 Å². The van der Waals surface area contributed by atoms with Crippen molar-refractivity contribution in [1.82, 2.24) is 25.9 Å². The number of aromatic nitrogens is 2. The summed E-state index contributed by atoms with van der Waals surface area (Å²) in [6, 6.07) is 0.158. The number of rotatable bonds is 16. The van der Waals surface area contributed by atoms with Gasteiger partial charge in [0.1, 0.15) is 23.9 Å². The molecule has 1 aromatic heterocycles. The van der Waals surface area contributed by atoms with Crippen LogP contribution in [0, 0.1) is 0 Å². The first kappa shape index (κ1) is 31.2. The van der Waals surface area contributed by atoms with Crippen LogP contribution in [0.25, 0.3) is 0 Å². The number of carboxylic acids is 2. The van der Waals surface area contributed by atoms with Gasteiger partial charge in [-0.3, -0.25) is 24.0 Å². The van der Waals surface area contributed by atoms with Crippen LogP contribution in [0.5, 0.6) is 5.75 Å². The number of nitrogens with two attached hydrogens (primary N) is 2. The van der Waals surface area contributed by atoms with Crippen molar-refractivity contribution in [2.75, 3.05) is 0 Å². The molecule has 0 aliphatic rings. The molecular weight excluding hydrogens is 530 g/mol. The number of H-pyrrole nitrogens is 1. The van der Waals surface area contributed by atoms with E-state index in [4.69, 9.17) is 16.6 Å². The topological polar surface area (TPSA) is 280 Å². The summed E-state index contributed by atoms with van der Waals surface area (Å²) in [6.45, 7) is 0. The van der Waals surface area contributed by atoms with E-state index < -0.39 is 72.6 Å². The second-order valence-electron chi connectivity index (χ2n) is 8.88. The normalized spacial score (nSPS) is 13.7. The van der Waals surface area contributed by atoms with Gasteiger partial charge in [-0.2, -0.15) is 0 Å². The average Bonchev–Trinajstić information content (AvgIpc) is 3.39. The number of imidazole rings is 1. The summed E-state index contributed by atoms with van der Waals surface area (Å²) in [4.78, 5) is 79.4. The molecule has 11 N–H and O–H groups in total. The van der Waals surface area contributed by atoms with E-state index in [2.05, 4.69) is 25.9 Å². The van der Waals surface area contributed by atoms with Crippen molar-refractivity contribution in [3.05, 3.63) is 48.0 Å². The third-order valence-electron chi connectivity index (χ3n) is 5.64. The minimum absolute atomic E-state index is 0.0118. The van der Waals surface area contributed by atoms with Crippen molar-refractivity contribution in [3.8, 4) is 5.75 Å². The van der Waals surface area contributed by atoms with E-state index in [0.717, 1.165) is 0 Å². The molecule has 40 heavy (non-hydrogen) atoms. The summed E-state index contributed by atoms with van der Waals surface area (Å²) in [7, 11) is 0. The maximum atomic E-state index is 13.0. The number of phenols is 1. The molecule has 4 amide bonds. The molecule has 0 saturated carbocycles. The molecule has 2 aromatic rings. The molecule has 2 rings (SSSR count). The molecule has 1 heterocycles. The van der Waals surface area contributed by atoms with Gasteiger partial charge >= 0.3 is 11.9 Å². The monoisotopic (exact) mass is 561 g/mol. The van der Waals surface area contributed by atoms with E-state index in [9.17, 15) is 39.0 Å². The van der Waals surface area contributed by atoms with E-state index in [1.165, 1.54) is 24.7 Å². The van der Waals surface area contributed by atoms with E-state index in [1.54, 1.807) is 12.1 Å². The minimum Gasteiger partial charge on any atom is -0.508 e. The van der Waals surface area contributed by atoms with Crippen molar-refractivity contribution in [3.63, 3.8) is 0 Å². The predicted octanol–water partition coefficient (Wildman–Crippen LogP) is -2.49. The zero-order valence-electron chi connectivity index (χ0n) is 21.2. The van der Waals surface area contributed by atoms with Gasteiger partial charge in [-0.05, 0) is 30.5 Å². The summed E-state index contributed by atoms with van der Waals surface area (Å²) in [5.41, 5.74) is 12.1. The molecule has 0 aliphatic heterocycles. The van der Waals surface area contributed by atoms with E-state index in [1.807, 2.05) is 0 Å². The number of aromatic hydroxyl groups is 1. The molecule has 0 spiro atoms. The molecular formula is C24H31N7O9. The number of carbonyl (C=O) groups excluding carboxylic acids is 4. The highest BCUT2D eigenvalue weighted by atomic mass is 16.4. The Labute approximate surface area is 227 Å². The fourth-order valence-corrected chi connectivity index (χ4v) is 3.57. The Morgan fingerprint density at radius 1 is 0.875 bits per heavy atom. The van der Waals surface area contributed by atoms with Crippen molar-refractivity contribution >= 4 is 35.6 Å². The fraction of sp³-hybridized carbons (Fsp3) is 0.375. The number of aliphatic carboxylic acids is 2. The van der Waals surface area contributed by atoms with Gasteiger partial charge in [0.2, 0.25) is 23.6 Å². The number of hydrogen-bond acceptors (Lipinski definition) is 9. The third kappa shape index (κ3) is 10.4. The highest BCUT2D eigenvalue weighted by Gasteiger charge is 2.31. The number of carboxylic acid groups (broad SMARTS) is 2. The number of primary amides is 1. The lowest BCUT2D eigenvalue weighted by Crippen LogP contribution is -2.58. The highest BCUT2D eigenvalue weighted by Crippen LogP contribution is 2.11. The molecule has 0 saturated heterocycles. The van der Waals surface area contributed by atoms with Crippen LogP contribution >= 0.6 is 0 Å². The molecule has 0 bridgehead atoms. The number of phenolic OH excluding ortho intramolecular Hbond substituents is 1. The Morgan fingerprint density at radius 3 is 2.02 bits per heavy atom. The molecule has 16 heteroatoms. The van der Waals surface area contributed by atoms with Crippen molar-refractivity contribution in [2.45, 2.75) is 56.3 Å². The van der Waals surface area contributed by atoms with Gasteiger partial charge in [0.05, 0.1) is 18.8 Å². The summed E-state index contributed by atoms with van der Waals surface area (Å²) in [6.07, 6.45) is 0.869. The van der Waals surface area contributed by atoms with E-state index in [0.29, 0.717) is 11.3 Å². The standard InChI is InChI=1S/C24H31N7O9/c25-15(7-12-1-3-14(32)4-2-12)21(36)29-16(5-6-20(34)35)22(37)30-17(9-19(26)33)23(38)31-18(24(39)40)8-13-10-27-11-28-13/h1-4,10-11,15-18,32H,5-9,25H2,(H2,26,33)(H,27,28)(H,29,36)(H,30,37)(H,31,38)(H,34,35)(H,39,40). The van der Waals surface area contributed by atoms with Crippen LogP contribution in [0.1, 0.15) is 30.5 Å². The number of carbonyl (C=O) groups is 6. The zero-order valence-corrected chi connectivity index (χ0v) is 21.2. The largest absolute Gasteiger partial charge is 0.508 e. The van der Waals surface area contributed by atoms with Gasteiger partial charge in [0.15, 0.2) is 0 Å². The number of aromatic amines is 1. The lowest BCUT2D eigenvalue weighted by atomic mass is 10.0. The van der Waals surface area contributed by atoms with Crippen LogP contribution in [-0.4, -0.2) is 85.0 Å². The van der Waals surface area contributed by atoms with Crippen molar-refractivity contribution in [2.24, 2.45) is 11.5 Å². The molecule has 1 aromatic carbocycles. The van der Waals surface area contributed by atoms with Gasteiger partial charge < -0.3 is 47.7 Å². The van der Waals surface area contributed by atoms with Gasteiger partial charge in [-0.25, -0.2) is 9.78 Å². The summed E-state index contributed by atoms with van der Waals surface area (Å²) >= 11 is 0. The summed E-state index contributed by atoms with van der Waals surface area (Å²) in [5.74, 6) is -6.53. The van der Waals surface area contributed by atoms with Gasteiger partial charge in [-0.15, -0.1) is 0 Å². The Kier molecular flexibility index (Phi) is 11.6. The Morgan fingerprint density at radius 2 is 1.48 bits per heavy atom. The van der Waals surface area contributed by atoms with Gasteiger partial charge in [-0.1, -0.05) is 12.1 Å². The SMILES string of the molecule is NC(=O)CC(NC(=O)C(CCC(=O)O)NC(=O)C(N)Cc1ccc(O)cc1)C(=O)NC(Cc1cnc[nH]1)C(=O)O. The van der Waals surface area contributed by atoms with E-state index in [-0.39, 0.29) is 25.0 Å². The first-order valence-corrected chi connectivity index (χ1v) is 12.0. The van der Waals surface area contributed by atoms with E-state index >= 15 is 0 Å². The molecule has 216 valence electrons. The van der Waals surface area contributed by atoms with Crippen LogP contribution < -0.4 is 27.4 Å². The first-order chi connectivity index (χ1) is 18.8. The van der Waals surface area contributed by atoms with Crippen LogP contribution in [0.2, 0.25) is 0 Å². The molecule has 0 fully saturated rings. The maximum absolute atomic E-state index is 13.0. The Hall–Kier alpha value is -4.99. The Bertz CT molecular complexity index is 1200. The molecule has 4 atom stereocenters. The maximum Gasteiger partial charge on any atom is 0.326 e. The quantitative estimate of drug-likeness (QED) is 0.103. The second-order valence-corrected chi connectivity index (χ2v) is 8.88. The number of benzene rings is 1. The number of hydrogen-bond donors (Lipinski definition) is 9. The lowest BCUT2D eigenvalue weighted by Gasteiger charge is -2.24. The Balaban J connectivity index is 2.14. The van der Waals surface area contributed by atoms with Gasteiger partial charge in [0.25, 0.3) is 0 Å². The molecule has 4 unspecified atom stereocenters. The third-order valence-corrected chi connectivity index (χ3v) is 5.64. The number of nitrogens with one attached hydrogen (secondary N) is 4. The molecule has 0 aliphatic carbocycles. The second kappa shape index (κ2) is 14.8. The minimum atomic E-state index is -1.64. The van der Waals surface area contributed by atoms with Crippen molar-refractivity contribution in [1.29, 1.82) is 0 Å². The fourth-order valence-electron chi connectivity index (χ4n) is 3.57.